The van der Waals surface area contributed by atoms with E-state index < -0.39 is 102 Å². The Labute approximate surface area is 172 Å². The van der Waals surface area contributed by atoms with E-state index in [0.29, 0.717) is 6.92 Å². The van der Waals surface area contributed by atoms with Crippen LogP contribution in [0, 0.1) is 78.9 Å². The Bertz CT molecular complexity index is 1390. The predicted octanol–water partition coefficient (Wildman–Crippen LogP) is 7.10. The third-order valence-electron chi connectivity index (χ3n) is 5.41. The van der Waals surface area contributed by atoms with Crippen molar-refractivity contribution < 1.29 is 43.9 Å². The van der Waals surface area contributed by atoms with E-state index in [2.05, 4.69) is 0 Å². The average Bonchev–Trinajstić information content (AvgIpc) is 3.12. The summed E-state index contributed by atoms with van der Waals surface area (Å²) in [4.78, 5) is 0. The minimum absolute atomic E-state index is 0.303. The molecule has 0 saturated carbocycles. The summed E-state index contributed by atoms with van der Waals surface area (Å²) in [6.07, 6.45) is 0. The fourth-order valence-corrected chi connectivity index (χ4v) is 3.67. The summed E-state index contributed by atoms with van der Waals surface area (Å²) < 4.78 is 146. The van der Waals surface area contributed by atoms with E-state index in [9.17, 15) is 43.9 Å². The van der Waals surface area contributed by atoms with Crippen LogP contribution >= 0.6 is 0 Å². The quantitative estimate of drug-likeness (QED) is 0.209. The van der Waals surface area contributed by atoms with Gasteiger partial charge in [-0.25, -0.2) is 43.9 Å². The zero-order valence-electron chi connectivity index (χ0n) is 16.2. The Morgan fingerprint density at radius 3 is 1.00 bits per heavy atom. The zero-order chi connectivity index (χ0) is 24.0. The van der Waals surface area contributed by atoms with E-state index >= 15 is 0 Å². The van der Waals surface area contributed by atoms with Gasteiger partial charge in [-0.05, 0) is 20.8 Å². The molecule has 3 aromatic carbocycles. The molecule has 11 heteroatoms. The van der Waals surface area contributed by atoms with Gasteiger partial charge in [0.2, 0.25) is 0 Å². The molecule has 0 N–H and O–H groups in total. The van der Waals surface area contributed by atoms with Gasteiger partial charge in [0, 0.05) is 16.7 Å². The van der Waals surface area contributed by atoms with Gasteiger partial charge in [-0.2, -0.15) is 0 Å². The van der Waals surface area contributed by atoms with Gasteiger partial charge >= 0.3 is 0 Å². The maximum absolute atomic E-state index is 14.9. The summed E-state index contributed by atoms with van der Waals surface area (Å²) >= 11 is 0. The van der Waals surface area contributed by atoms with Gasteiger partial charge in [0.05, 0.1) is 21.8 Å². The molecular weight excluding hydrogens is 456 g/mol. The topological polar surface area (TPSA) is 4.93 Å². The van der Waals surface area contributed by atoms with Crippen molar-refractivity contribution in [3.05, 3.63) is 74.9 Å². The first-order chi connectivity index (χ1) is 14.8. The van der Waals surface area contributed by atoms with E-state index in [1.54, 1.807) is 0 Å². The monoisotopic (exact) mass is 465 g/mol. The van der Waals surface area contributed by atoms with Gasteiger partial charge in [0.25, 0.3) is 0 Å². The van der Waals surface area contributed by atoms with E-state index in [0.717, 1.165) is 13.8 Å². The standard InChI is InChI=1S/C21H9F10N/c1-4-9(22)7-8-10(23)5(2)12(25)16(29)20(8)32(19(7)15(28)11(4)24)21-17(30)13(26)6(3)14(27)18(21)31/h1-3H3. The van der Waals surface area contributed by atoms with Crippen LogP contribution < -0.4 is 0 Å². The van der Waals surface area contributed by atoms with Crippen LogP contribution in [0.3, 0.4) is 0 Å². The van der Waals surface area contributed by atoms with E-state index in [1.807, 2.05) is 0 Å². The highest BCUT2D eigenvalue weighted by atomic mass is 19.2. The molecule has 4 rings (SSSR count). The second kappa shape index (κ2) is 6.88. The lowest BCUT2D eigenvalue weighted by atomic mass is 10.0. The number of benzene rings is 3. The van der Waals surface area contributed by atoms with Crippen LogP contribution in [0.15, 0.2) is 0 Å². The van der Waals surface area contributed by atoms with Crippen molar-refractivity contribution in [3.63, 3.8) is 0 Å². The highest BCUT2D eigenvalue weighted by Crippen LogP contribution is 2.43. The molecule has 168 valence electrons. The second-order valence-corrected chi connectivity index (χ2v) is 7.15. The van der Waals surface area contributed by atoms with Crippen LogP contribution in [-0.4, -0.2) is 4.57 Å². The van der Waals surface area contributed by atoms with E-state index in [4.69, 9.17) is 0 Å². The van der Waals surface area contributed by atoms with E-state index in [1.165, 1.54) is 0 Å². The van der Waals surface area contributed by atoms with Crippen LogP contribution in [0.25, 0.3) is 27.5 Å². The van der Waals surface area contributed by atoms with Gasteiger partial charge in [-0.1, -0.05) is 0 Å². The van der Waals surface area contributed by atoms with Crippen molar-refractivity contribution in [1.29, 1.82) is 0 Å². The molecule has 1 aromatic heterocycles. The summed E-state index contributed by atoms with van der Waals surface area (Å²) in [5.41, 5.74) is -7.97. The molecule has 0 aliphatic carbocycles. The molecular formula is C21H9F10N. The number of rotatable bonds is 1. The first-order valence-electron chi connectivity index (χ1n) is 8.81. The lowest BCUT2D eigenvalue weighted by Gasteiger charge is -2.14. The molecule has 0 atom stereocenters. The number of aromatic nitrogens is 1. The molecule has 0 unspecified atom stereocenters. The van der Waals surface area contributed by atoms with Crippen LogP contribution in [0.4, 0.5) is 43.9 Å². The number of halogens is 10. The van der Waals surface area contributed by atoms with Crippen molar-refractivity contribution in [2.24, 2.45) is 0 Å². The van der Waals surface area contributed by atoms with Crippen LogP contribution in [0.1, 0.15) is 16.7 Å². The fourth-order valence-electron chi connectivity index (χ4n) is 3.67. The van der Waals surface area contributed by atoms with Crippen molar-refractivity contribution in [1.82, 2.24) is 4.57 Å². The summed E-state index contributed by atoms with van der Waals surface area (Å²) in [5, 5.41) is -2.40. The molecule has 32 heavy (non-hydrogen) atoms. The predicted molar refractivity (Wildman–Crippen MR) is 94.6 cm³/mol. The highest BCUT2D eigenvalue weighted by Gasteiger charge is 2.34. The molecule has 0 radical (unpaired) electrons. The first-order valence-corrected chi connectivity index (χ1v) is 8.81. The molecule has 0 spiro atoms. The lowest BCUT2D eigenvalue weighted by molar-refractivity contribution is 0.439. The maximum atomic E-state index is 14.9. The van der Waals surface area contributed by atoms with Gasteiger partial charge < -0.3 is 0 Å². The summed E-state index contributed by atoms with van der Waals surface area (Å²) in [6.45, 7) is 2.14. The van der Waals surface area contributed by atoms with Crippen molar-refractivity contribution in [2.75, 3.05) is 0 Å². The minimum Gasteiger partial charge on any atom is -0.298 e. The Balaban J connectivity index is 2.50. The summed E-state index contributed by atoms with van der Waals surface area (Å²) in [5.74, 6) is -19.6. The van der Waals surface area contributed by atoms with Crippen molar-refractivity contribution in [2.45, 2.75) is 20.8 Å². The Morgan fingerprint density at radius 1 is 0.375 bits per heavy atom. The number of fused-ring (bicyclic) bond motifs is 3. The summed E-state index contributed by atoms with van der Waals surface area (Å²) in [6, 6.07) is 0. The molecule has 0 aliphatic rings. The highest BCUT2D eigenvalue weighted by molar-refractivity contribution is 6.11. The molecule has 0 bridgehead atoms. The largest absolute Gasteiger partial charge is 0.298 e. The third kappa shape index (κ3) is 2.47. The third-order valence-corrected chi connectivity index (χ3v) is 5.41. The Kier molecular flexibility index (Phi) is 4.72. The fraction of sp³-hybridized carbons (Fsp3) is 0.143. The lowest BCUT2D eigenvalue weighted by Crippen LogP contribution is -2.11. The van der Waals surface area contributed by atoms with Gasteiger partial charge in [-0.3, -0.25) is 4.57 Å². The average molecular weight is 465 g/mol. The van der Waals surface area contributed by atoms with Gasteiger partial charge in [-0.15, -0.1) is 0 Å². The zero-order valence-corrected chi connectivity index (χ0v) is 16.2. The SMILES string of the molecule is Cc1c(F)c(F)c(-n2c3c(F)c(F)c(C)c(F)c3c3c(F)c(C)c(F)c(F)c32)c(F)c1F. The molecule has 0 saturated heterocycles. The van der Waals surface area contributed by atoms with Crippen LogP contribution in [0.5, 0.6) is 0 Å². The molecule has 0 fully saturated rings. The van der Waals surface area contributed by atoms with Crippen LogP contribution in [-0.2, 0) is 0 Å². The van der Waals surface area contributed by atoms with Gasteiger partial charge in [0.1, 0.15) is 17.3 Å². The summed E-state index contributed by atoms with van der Waals surface area (Å²) in [7, 11) is 0. The van der Waals surface area contributed by atoms with Gasteiger partial charge in [0.15, 0.2) is 46.5 Å². The molecule has 1 nitrogen and oxygen atoms in total. The molecule has 1 heterocycles. The number of nitrogens with zero attached hydrogens (tertiary/aromatic N) is 1. The Morgan fingerprint density at radius 2 is 0.656 bits per heavy atom. The number of hydrogen-bond acceptors (Lipinski definition) is 0. The molecule has 0 aliphatic heterocycles. The smallest absolute Gasteiger partial charge is 0.186 e. The number of hydrogen-bond donors (Lipinski definition) is 0. The van der Waals surface area contributed by atoms with Crippen molar-refractivity contribution >= 4 is 21.8 Å². The maximum Gasteiger partial charge on any atom is 0.186 e. The molecule has 4 aromatic rings. The van der Waals surface area contributed by atoms with E-state index in [-0.39, 0.29) is 4.57 Å². The Hall–Kier alpha value is -3.24. The molecule has 0 amide bonds. The first kappa shape index (κ1) is 22.0. The van der Waals surface area contributed by atoms with Crippen molar-refractivity contribution in [3.8, 4) is 5.69 Å². The minimum atomic E-state index is -2.21. The van der Waals surface area contributed by atoms with Crippen LogP contribution in [0.2, 0.25) is 0 Å². The normalized spacial score (nSPS) is 11.9. The second-order valence-electron chi connectivity index (χ2n) is 7.15.